The molecule has 0 amide bonds. The van der Waals surface area contributed by atoms with Crippen LogP contribution in [-0.4, -0.2) is 28.2 Å². The second-order valence-corrected chi connectivity index (χ2v) is 8.82. The van der Waals surface area contributed by atoms with Crippen LogP contribution in [0.5, 0.6) is 0 Å². The molecule has 0 aromatic heterocycles. The monoisotopic (exact) mass is 762 g/mol. The molecular weight excluding hydrogens is 712 g/mol. The standard InChI is InChI=1S/2C14H14N3.2C2H6N.2CH3.2Mo/c2*1-11-3-7-13(8-4-11)15-17-16-14-9-5-12(2)6-10-14;2*1-3-2;;;;/h2*3-10H,1-2H3;2*1-2H3;2*1H3;;/q6*-1;;. The van der Waals surface area contributed by atoms with Gasteiger partial charge in [-0.3, -0.25) is 10.4 Å². The van der Waals surface area contributed by atoms with Crippen molar-refractivity contribution in [3.05, 3.63) is 156 Å². The van der Waals surface area contributed by atoms with Gasteiger partial charge in [0.05, 0.1) is 0 Å². The van der Waals surface area contributed by atoms with Gasteiger partial charge in [0.1, 0.15) is 0 Å². The molecule has 8 nitrogen and oxygen atoms in total. The van der Waals surface area contributed by atoms with Gasteiger partial charge < -0.3 is 46.6 Å². The third kappa shape index (κ3) is 23.4. The minimum atomic E-state index is 0. The molecule has 4 aromatic carbocycles. The molecular formula is C34H46Mo2N8-6. The third-order valence-electron chi connectivity index (χ3n) is 4.78. The van der Waals surface area contributed by atoms with E-state index in [1.807, 2.05) is 157 Å². The van der Waals surface area contributed by atoms with Gasteiger partial charge in [0.15, 0.2) is 0 Å². The molecule has 4 aromatic rings. The van der Waals surface area contributed by atoms with Gasteiger partial charge in [-0.2, -0.15) is 28.2 Å². The van der Waals surface area contributed by atoms with E-state index in [1.54, 1.807) is 28.2 Å². The normalized spacial score (nSPS) is 9.14. The van der Waals surface area contributed by atoms with Gasteiger partial charge in [-0.05, 0) is 50.4 Å². The number of hydrogen-bond donors (Lipinski definition) is 0. The van der Waals surface area contributed by atoms with Gasteiger partial charge >= 0.3 is 31.9 Å². The van der Waals surface area contributed by atoms with Crippen molar-refractivity contribution in [2.75, 3.05) is 28.2 Å². The molecule has 0 fully saturated rings. The summed E-state index contributed by atoms with van der Waals surface area (Å²) in [6.45, 7) is 8.16. The van der Waals surface area contributed by atoms with E-state index in [2.05, 4.69) is 42.2 Å². The number of hydrogen-bond acceptors (Lipinski definition) is 4. The van der Waals surface area contributed by atoms with E-state index in [1.165, 1.54) is 22.3 Å². The van der Waals surface area contributed by atoms with E-state index < -0.39 is 0 Å². The second kappa shape index (κ2) is 30.0. The molecule has 0 radical (unpaired) electrons. The second-order valence-electron chi connectivity index (χ2n) is 8.82. The number of aryl methyl sites for hydroxylation is 4. The summed E-state index contributed by atoms with van der Waals surface area (Å²) in [5.74, 6) is 0. The quantitative estimate of drug-likeness (QED) is 0.0808. The topological polar surface area (TPSA) is 106 Å². The molecule has 0 atom stereocenters. The van der Waals surface area contributed by atoms with Crippen molar-refractivity contribution >= 4 is 22.7 Å². The van der Waals surface area contributed by atoms with E-state index in [4.69, 9.17) is 0 Å². The Morgan fingerprint density at radius 2 is 0.614 bits per heavy atom. The van der Waals surface area contributed by atoms with Crippen LogP contribution in [0, 0.1) is 42.5 Å². The summed E-state index contributed by atoms with van der Waals surface area (Å²) in [6, 6.07) is 31.4. The predicted molar refractivity (Wildman–Crippen MR) is 183 cm³/mol. The van der Waals surface area contributed by atoms with Crippen molar-refractivity contribution in [1.82, 2.24) is 0 Å². The molecule has 0 N–H and O–H groups in total. The van der Waals surface area contributed by atoms with E-state index in [0.29, 0.717) is 0 Å². The fourth-order valence-electron chi connectivity index (χ4n) is 2.70. The molecule has 0 aliphatic carbocycles. The molecule has 0 saturated heterocycles. The first-order valence-electron chi connectivity index (χ1n) is 12.9. The van der Waals surface area contributed by atoms with Crippen LogP contribution in [0.1, 0.15) is 22.3 Å². The number of benzene rings is 4. The average Bonchev–Trinajstić information content (AvgIpc) is 2.99. The number of nitrogens with zero attached hydrogens (tertiary/aromatic N) is 8. The summed E-state index contributed by atoms with van der Waals surface area (Å²) in [4.78, 5) is 0. The van der Waals surface area contributed by atoms with Crippen LogP contribution >= 0.6 is 0 Å². The summed E-state index contributed by atoms with van der Waals surface area (Å²) in [5.41, 5.74) is 16.1. The van der Waals surface area contributed by atoms with Crippen molar-refractivity contribution < 1.29 is 31.9 Å². The Kier molecular flexibility index (Phi) is 31.0. The molecule has 0 unspecified atom stereocenters. The van der Waals surface area contributed by atoms with Crippen LogP contribution in [0.3, 0.4) is 0 Å². The SMILES string of the molecule is C[N-]C.C[N-]C.Cc1ccc(N=N[N-]c2ccc(C)cc2)cc1.Cc1ccc(N=N[N-]c2ccc(C)cc2)cc1.[CH3-].[CH3-].[Mo]#[Mo]. The molecule has 0 saturated carbocycles. The van der Waals surface area contributed by atoms with Crippen molar-refractivity contribution in [3.8, 4) is 0 Å². The molecule has 0 bridgehead atoms. The molecule has 0 aliphatic heterocycles. The van der Waals surface area contributed by atoms with E-state index >= 15 is 0 Å². The molecule has 0 heterocycles. The summed E-state index contributed by atoms with van der Waals surface area (Å²) in [6.07, 6.45) is 0. The zero-order chi connectivity index (χ0) is 31.6. The fourth-order valence-corrected chi connectivity index (χ4v) is 2.70. The zero-order valence-corrected chi connectivity index (χ0v) is 31.6. The molecule has 4 rings (SSSR count). The van der Waals surface area contributed by atoms with Crippen LogP contribution in [0.15, 0.2) is 118 Å². The van der Waals surface area contributed by atoms with Gasteiger partial charge in [0.2, 0.25) is 0 Å². The molecule has 240 valence electrons. The van der Waals surface area contributed by atoms with Crippen molar-refractivity contribution in [1.29, 1.82) is 0 Å². The molecule has 10 heteroatoms. The first kappa shape index (κ1) is 45.4. The zero-order valence-electron chi connectivity index (χ0n) is 27.6. The van der Waals surface area contributed by atoms with E-state index in [-0.39, 0.29) is 14.9 Å². The van der Waals surface area contributed by atoms with Gasteiger partial charge in [0, 0.05) is 0 Å². The van der Waals surface area contributed by atoms with Crippen LogP contribution in [0.25, 0.3) is 21.5 Å². The average molecular weight is 759 g/mol. The Labute approximate surface area is 285 Å². The van der Waals surface area contributed by atoms with Gasteiger partial charge in [-0.25, -0.2) is 0 Å². The Balaban J connectivity index is -0.000000596. The molecule has 0 spiro atoms. The third-order valence-corrected chi connectivity index (χ3v) is 4.78. The first-order chi connectivity index (χ1) is 20.3. The molecule has 44 heavy (non-hydrogen) atoms. The van der Waals surface area contributed by atoms with Gasteiger partial charge in [-0.1, -0.05) is 119 Å². The Morgan fingerprint density at radius 3 is 0.841 bits per heavy atom. The van der Waals surface area contributed by atoms with E-state index in [0.717, 1.165) is 22.7 Å². The van der Waals surface area contributed by atoms with Crippen LogP contribution in [0.4, 0.5) is 22.7 Å². The van der Waals surface area contributed by atoms with Crippen LogP contribution in [-0.2, 0) is 31.9 Å². The summed E-state index contributed by atoms with van der Waals surface area (Å²) >= 11 is 3.92. The van der Waals surface area contributed by atoms with Gasteiger partial charge in [-0.15, -0.1) is 0 Å². The van der Waals surface area contributed by atoms with Crippen LogP contribution in [0.2, 0.25) is 0 Å². The summed E-state index contributed by atoms with van der Waals surface area (Å²) in [5, 5.41) is 22.7. The summed E-state index contributed by atoms with van der Waals surface area (Å²) < 4.78 is 0. The number of rotatable bonds is 6. The van der Waals surface area contributed by atoms with Gasteiger partial charge in [0.25, 0.3) is 0 Å². The van der Waals surface area contributed by atoms with Crippen molar-refractivity contribution in [3.63, 3.8) is 0 Å². The summed E-state index contributed by atoms with van der Waals surface area (Å²) in [7, 11) is 7.00. The van der Waals surface area contributed by atoms with Crippen molar-refractivity contribution in [2.45, 2.75) is 27.7 Å². The predicted octanol–water partition coefficient (Wildman–Crippen LogP) is 12.2. The van der Waals surface area contributed by atoms with Crippen LogP contribution < -0.4 is 0 Å². The first-order valence-corrected chi connectivity index (χ1v) is 18.6. The van der Waals surface area contributed by atoms with Crippen molar-refractivity contribution in [2.24, 2.45) is 20.7 Å². The minimum absolute atomic E-state index is 0. The Morgan fingerprint density at radius 1 is 0.409 bits per heavy atom. The maximum absolute atomic E-state index is 4.02. The molecule has 0 aliphatic rings. The fraction of sp³-hybridized carbons (Fsp3) is 0.235. The Bertz CT molecular complexity index is 1190. The van der Waals surface area contributed by atoms with E-state index in [9.17, 15) is 0 Å². The maximum atomic E-state index is 4.02. The Hall–Kier alpha value is -3.02.